The minimum absolute atomic E-state index is 0.672. The van der Waals surface area contributed by atoms with Gasteiger partial charge in [0.15, 0.2) is 0 Å². The Balaban J connectivity index is 1.57. The van der Waals surface area contributed by atoms with Crippen molar-refractivity contribution < 1.29 is 0 Å². The van der Waals surface area contributed by atoms with Gasteiger partial charge in [-0.2, -0.15) is 4.98 Å². The minimum Gasteiger partial charge on any atom is -0.354 e. The number of nitrogens with one attached hydrogen (secondary N) is 2. The Bertz CT molecular complexity index is 727. The molecular formula is C19H23BrN4. The quantitative estimate of drug-likeness (QED) is 0.634. The summed E-state index contributed by atoms with van der Waals surface area (Å²) in [6, 6.07) is 8.04. The SMILES string of the molecule is Cc1cc(Nc2ccnc(NCCC3=CCCCC3)n2)ccc1Br. The zero-order valence-electron chi connectivity index (χ0n) is 14.0. The van der Waals surface area contributed by atoms with Gasteiger partial charge in [-0.15, -0.1) is 0 Å². The number of rotatable bonds is 6. The van der Waals surface area contributed by atoms with Crippen molar-refractivity contribution in [1.82, 2.24) is 9.97 Å². The van der Waals surface area contributed by atoms with E-state index in [2.05, 4.69) is 55.6 Å². The van der Waals surface area contributed by atoms with Gasteiger partial charge in [0.25, 0.3) is 0 Å². The first kappa shape index (κ1) is 17.0. The van der Waals surface area contributed by atoms with Crippen LogP contribution in [0.25, 0.3) is 0 Å². The van der Waals surface area contributed by atoms with Gasteiger partial charge in [0.2, 0.25) is 5.95 Å². The molecule has 0 fully saturated rings. The molecule has 1 aromatic heterocycles. The maximum absolute atomic E-state index is 4.54. The predicted molar refractivity (Wildman–Crippen MR) is 104 cm³/mol. The minimum atomic E-state index is 0.672. The first-order valence-electron chi connectivity index (χ1n) is 8.49. The summed E-state index contributed by atoms with van der Waals surface area (Å²) in [5.74, 6) is 1.47. The van der Waals surface area contributed by atoms with Crippen molar-refractivity contribution in [3.63, 3.8) is 0 Å². The number of aromatic nitrogens is 2. The van der Waals surface area contributed by atoms with Crippen LogP contribution in [-0.4, -0.2) is 16.5 Å². The summed E-state index contributed by atoms with van der Waals surface area (Å²) >= 11 is 3.52. The molecule has 0 saturated heterocycles. The van der Waals surface area contributed by atoms with Crippen molar-refractivity contribution in [3.05, 3.63) is 52.1 Å². The van der Waals surface area contributed by atoms with E-state index in [1.807, 2.05) is 18.2 Å². The van der Waals surface area contributed by atoms with E-state index in [1.54, 1.807) is 11.8 Å². The Morgan fingerprint density at radius 1 is 1.21 bits per heavy atom. The molecule has 0 unspecified atom stereocenters. The number of halogens is 1. The van der Waals surface area contributed by atoms with Crippen LogP contribution in [0.3, 0.4) is 0 Å². The van der Waals surface area contributed by atoms with Crippen molar-refractivity contribution in [1.29, 1.82) is 0 Å². The van der Waals surface area contributed by atoms with Crippen molar-refractivity contribution in [2.45, 2.75) is 39.0 Å². The molecule has 0 radical (unpaired) electrons. The fourth-order valence-electron chi connectivity index (χ4n) is 2.85. The van der Waals surface area contributed by atoms with Crippen molar-refractivity contribution in [2.75, 3.05) is 17.2 Å². The number of aryl methyl sites for hydroxylation is 1. The van der Waals surface area contributed by atoms with Gasteiger partial charge in [-0.25, -0.2) is 4.98 Å². The first-order valence-corrected chi connectivity index (χ1v) is 9.28. The van der Waals surface area contributed by atoms with Gasteiger partial charge < -0.3 is 10.6 Å². The lowest BCUT2D eigenvalue weighted by atomic mass is 9.97. The van der Waals surface area contributed by atoms with Gasteiger partial charge in [-0.05, 0) is 68.9 Å². The average molecular weight is 387 g/mol. The van der Waals surface area contributed by atoms with Crippen LogP contribution in [0.2, 0.25) is 0 Å². The molecule has 2 aromatic rings. The van der Waals surface area contributed by atoms with Crippen LogP contribution in [-0.2, 0) is 0 Å². The van der Waals surface area contributed by atoms with E-state index in [-0.39, 0.29) is 0 Å². The molecule has 1 aliphatic carbocycles. The molecule has 24 heavy (non-hydrogen) atoms. The normalized spacial score (nSPS) is 14.2. The highest BCUT2D eigenvalue weighted by Crippen LogP contribution is 2.23. The summed E-state index contributed by atoms with van der Waals surface area (Å²) in [7, 11) is 0. The van der Waals surface area contributed by atoms with Gasteiger partial charge in [0.05, 0.1) is 0 Å². The Morgan fingerprint density at radius 3 is 2.92 bits per heavy atom. The summed E-state index contributed by atoms with van der Waals surface area (Å²) in [5.41, 5.74) is 3.77. The van der Waals surface area contributed by atoms with Crippen molar-refractivity contribution in [3.8, 4) is 0 Å². The highest BCUT2D eigenvalue weighted by Gasteiger charge is 2.05. The highest BCUT2D eigenvalue weighted by molar-refractivity contribution is 9.10. The van der Waals surface area contributed by atoms with Gasteiger partial charge >= 0.3 is 0 Å². The summed E-state index contributed by atoms with van der Waals surface area (Å²) < 4.78 is 1.11. The number of allylic oxidation sites excluding steroid dienone is 1. The third kappa shape index (κ3) is 4.81. The third-order valence-electron chi connectivity index (χ3n) is 4.20. The molecule has 0 atom stereocenters. The lowest BCUT2D eigenvalue weighted by molar-refractivity contribution is 0.679. The van der Waals surface area contributed by atoms with Crippen LogP contribution in [0.5, 0.6) is 0 Å². The lowest BCUT2D eigenvalue weighted by Gasteiger charge is -2.13. The van der Waals surface area contributed by atoms with Crippen LogP contribution in [0.4, 0.5) is 17.5 Å². The molecule has 0 amide bonds. The maximum atomic E-state index is 4.54. The second-order valence-electron chi connectivity index (χ2n) is 6.14. The summed E-state index contributed by atoms with van der Waals surface area (Å²) in [6.45, 7) is 2.95. The van der Waals surface area contributed by atoms with Gasteiger partial charge in [-0.3, -0.25) is 0 Å². The van der Waals surface area contributed by atoms with E-state index in [9.17, 15) is 0 Å². The van der Waals surface area contributed by atoms with E-state index in [0.29, 0.717) is 5.95 Å². The second kappa shape index (κ2) is 8.29. The predicted octanol–water partition coefficient (Wildman–Crippen LogP) is 5.59. The van der Waals surface area contributed by atoms with E-state index in [1.165, 1.54) is 31.2 Å². The number of anilines is 3. The van der Waals surface area contributed by atoms with Gasteiger partial charge in [0, 0.05) is 22.9 Å². The number of nitrogens with zero attached hydrogens (tertiary/aromatic N) is 2. The van der Waals surface area contributed by atoms with Crippen LogP contribution in [0.15, 0.2) is 46.6 Å². The highest BCUT2D eigenvalue weighted by atomic mass is 79.9. The number of benzene rings is 1. The smallest absolute Gasteiger partial charge is 0.224 e. The Kier molecular flexibility index (Phi) is 5.86. The van der Waals surface area contributed by atoms with Crippen LogP contribution < -0.4 is 10.6 Å². The third-order valence-corrected chi connectivity index (χ3v) is 5.09. The fraction of sp³-hybridized carbons (Fsp3) is 0.368. The largest absolute Gasteiger partial charge is 0.354 e. The standard InChI is InChI=1S/C19H23BrN4/c1-14-13-16(7-8-17(14)20)23-18-10-12-22-19(24-18)21-11-9-15-5-3-2-4-6-15/h5,7-8,10,12-13H,2-4,6,9,11H2,1H3,(H2,21,22,23,24). The van der Waals surface area contributed by atoms with Crippen LogP contribution >= 0.6 is 15.9 Å². The molecule has 1 aromatic carbocycles. The second-order valence-corrected chi connectivity index (χ2v) is 6.99. The Labute approximate surface area is 151 Å². The molecule has 0 aliphatic heterocycles. The van der Waals surface area contributed by atoms with E-state index >= 15 is 0 Å². The Morgan fingerprint density at radius 2 is 2.12 bits per heavy atom. The fourth-order valence-corrected chi connectivity index (χ4v) is 3.10. The van der Waals surface area contributed by atoms with Crippen molar-refractivity contribution >= 4 is 33.4 Å². The summed E-state index contributed by atoms with van der Waals surface area (Å²) in [4.78, 5) is 8.84. The molecule has 4 nitrogen and oxygen atoms in total. The lowest BCUT2D eigenvalue weighted by Crippen LogP contribution is -2.08. The number of hydrogen-bond donors (Lipinski definition) is 2. The van der Waals surface area contributed by atoms with Gasteiger partial charge in [0.1, 0.15) is 5.82 Å². The first-order chi connectivity index (χ1) is 11.7. The summed E-state index contributed by atoms with van der Waals surface area (Å²) in [5, 5.41) is 6.66. The molecule has 2 N–H and O–H groups in total. The molecule has 126 valence electrons. The molecule has 0 saturated carbocycles. The monoisotopic (exact) mass is 386 g/mol. The molecule has 0 bridgehead atoms. The molecule has 3 rings (SSSR count). The average Bonchev–Trinajstić information content (AvgIpc) is 2.60. The molecule has 0 spiro atoms. The zero-order chi connectivity index (χ0) is 16.8. The van der Waals surface area contributed by atoms with Gasteiger partial charge in [-0.1, -0.05) is 27.6 Å². The van der Waals surface area contributed by atoms with Crippen LogP contribution in [0.1, 0.15) is 37.7 Å². The van der Waals surface area contributed by atoms with E-state index in [0.717, 1.165) is 28.9 Å². The molecule has 1 heterocycles. The topological polar surface area (TPSA) is 49.8 Å². The maximum Gasteiger partial charge on any atom is 0.224 e. The number of hydrogen-bond acceptors (Lipinski definition) is 4. The van der Waals surface area contributed by atoms with E-state index < -0.39 is 0 Å². The molecule has 1 aliphatic rings. The van der Waals surface area contributed by atoms with E-state index in [4.69, 9.17) is 0 Å². The molecular weight excluding hydrogens is 364 g/mol. The van der Waals surface area contributed by atoms with Crippen LogP contribution in [0, 0.1) is 6.92 Å². The summed E-state index contributed by atoms with van der Waals surface area (Å²) in [6.07, 6.45) is 10.4. The van der Waals surface area contributed by atoms with Crippen molar-refractivity contribution in [2.24, 2.45) is 0 Å². The Hall–Kier alpha value is -1.88. The molecule has 5 heteroatoms. The zero-order valence-corrected chi connectivity index (χ0v) is 15.6.